The monoisotopic (exact) mass is 263 g/mol. The number of carbonyl (C=O) groups excluding carboxylic acids is 2. The number of amides is 2. The molecule has 0 saturated carbocycles. The minimum atomic E-state index is -0.616. The average molecular weight is 264 g/mol. The maximum atomic E-state index is 11.7. The molecular weight excluding hydrogens is 254 g/mol. The second kappa shape index (κ2) is 5.01. The molecule has 1 aromatic carbocycles. The van der Waals surface area contributed by atoms with Gasteiger partial charge in [0.05, 0.1) is 6.54 Å². The molecule has 0 fully saturated rings. The first-order valence-electron chi connectivity index (χ1n) is 5.19. The number of carbonyl (C=O) groups is 2. The zero-order valence-corrected chi connectivity index (χ0v) is 10.1. The highest BCUT2D eigenvalue weighted by molar-refractivity contribution is 6.34. The lowest BCUT2D eigenvalue weighted by Crippen LogP contribution is -2.33. The molecule has 0 atom stereocenters. The van der Waals surface area contributed by atoms with E-state index < -0.39 is 11.8 Å². The van der Waals surface area contributed by atoms with Crippen LogP contribution in [0.4, 0.5) is 0 Å². The highest BCUT2D eigenvalue weighted by Gasteiger charge is 2.11. The van der Waals surface area contributed by atoms with Gasteiger partial charge in [-0.2, -0.15) is 0 Å². The summed E-state index contributed by atoms with van der Waals surface area (Å²) in [6, 6.07) is 8.92. The van der Waals surface area contributed by atoms with Gasteiger partial charge in [-0.3, -0.25) is 9.59 Å². The molecule has 0 aliphatic carbocycles. The molecule has 0 aliphatic rings. The molecule has 2 rings (SSSR count). The second-order valence-electron chi connectivity index (χ2n) is 3.67. The van der Waals surface area contributed by atoms with Gasteiger partial charge < -0.3 is 11.1 Å². The van der Waals surface area contributed by atoms with E-state index in [0.29, 0.717) is 0 Å². The van der Waals surface area contributed by atoms with Crippen molar-refractivity contribution in [1.29, 1.82) is 0 Å². The maximum Gasteiger partial charge on any atom is 0.270 e. The molecule has 18 heavy (non-hydrogen) atoms. The summed E-state index contributed by atoms with van der Waals surface area (Å²) < 4.78 is 0. The van der Waals surface area contributed by atoms with Gasteiger partial charge in [0.1, 0.15) is 10.8 Å². The van der Waals surface area contributed by atoms with Crippen molar-refractivity contribution in [3.05, 3.63) is 41.2 Å². The fourth-order valence-electron chi connectivity index (χ4n) is 1.53. The Bertz CT molecular complexity index is 628. The molecule has 0 radical (unpaired) electrons. The minimum absolute atomic E-state index is 0.153. The van der Waals surface area contributed by atoms with Crippen LogP contribution >= 0.6 is 11.6 Å². The number of primary amides is 1. The summed E-state index contributed by atoms with van der Waals surface area (Å²) in [6.45, 7) is -0.231. The van der Waals surface area contributed by atoms with E-state index in [0.717, 1.165) is 10.8 Å². The van der Waals surface area contributed by atoms with E-state index in [4.69, 9.17) is 17.3 Å². The number of hydrogen-bond acceptors (Lipinski definition) is 3. The summed E-state index contributed by atoms with van der Waals surface area (Å²) >= 11 is 5.99. The first-order chi connectivity index (χ1) is 8.58. The molecule has 2 amide bonds. The normalized spacial score (nSPS) is 10.3. The number of benzene rings is 1. The van der Waals surface area contributed by atoms with Crippen molar-refractivity contribution in [3.8, 4) is 0 Å². The average Bonchev–Trinajstić information content (AvgIpc) is 2.36. The third-order valence-electron chi connectivity index (χ3n) is 2.35. The molecule has 6 heteroatoms. The van der Waals surface area contributed by atoms with Crippen molar-refractivity contribution >= 4 is 34.2 Å². The molecule has 0 spiro atoms. The fraction of sp³-hybridized carbons (Fsp3) is 0.0833. The van der Waals surface area contributed by atoms with E-state index in [1.807, 2.05) is 24.3 Å². The Kier molecular flexibility index (Phi) is 3.43. The number of rotatable bonds is 3. The molecule has 5 nitrogen and oxygen atoms in total. The van der Waals surface area contributed by atoms with Gasteiger partial charge in [-0.25, -0.2) is 4.98 Å². The van der Waals surface area contributed by atoms with Crippen LogP contribution in [0.1, 0.15) is 10.5 Å². The largest absolute Gasteiger partial charge is 0.368 e. The van der Waals surface area contributed by atoms with Gasteiger partial charge in [0.15, 0.2) is 0 Å². The van der Waals surface area contributed by atoms with Crippen LogP contribution in [0.5, 0.6) is 0 Å². The van der Waals surface area contributed by atoms with Crippen LogP contribution in [0, 0.1) is 0 Å². The molecular formula is C12H10ClN3O2. The molecule has 92 valence electrons. The van der Waals surface area contributed by atoms with Crippen molar-refractivity contribution in [1.82, 2.24) is 10.3 Å². The smallest absolute Gasteiger partial charge is 0.270 e. The highest BCUT2D eigenvalue weighted by atomic mass is 35.5. The zero-order chi connectivity index (χ0) is 13.1. The first kappa shape index (κ1) is 12.3. The fourth-order valence-corrected chi connectivity index (χ4v) is 1.79. The Morgan fingerprint density at radius 1 is 1.33 bits per heavy atom. The summed E-state index contributed by atoms with van der Waals surface area (Å²) in [5.41, 5.74) is 5.09. The Hall–Kier alpha value is -2.14. The van der Waals surface area contributed by atoms with E-state index in [9.17, 15) is 9.59 Å². The van der Waals surface area contributed by atoms with Crippen LogP contribution in [-0.2, 0) is 4.79 Å². The van der Waals surface area contributed by atoms with Crippen molar-refractivity contribution in [2.24, 2.45) is 5.73 Å². The molecule has 0 unspecified atom stereocenters. The Morgan fingerprint density at radius 2 is 2.06 bits per heavy atom. The number of nitrogens with one attached hydrogen (secondary N) is 1. The number of halogens is 1. The maximum absolute atomic E-state index is 11.7. The van der Waals surface area contributed by atoms with Crippen LogP contribution in [0.3, 0.4) is 0 Å². The van der Waals surface area contributed by atoms with E-state index in [-0.39, 0.29) is 17.4 Å². The molecule has 2 aromatic rings. The predicted octanol–water partition coefficient (Wildman–Crippen LogP) is 1.10. The lowest BCUT2D eigenvalue weighted by molar-refractivity contribution is -0.117. The molecule has 1 heterocycles. The van der Waals surface area contributed by atoms with Crippen molar-refractivity contribution < 1.29 is 9.59 Å². The van der Waals surface area contributed by atoms with Crippen molar-refractivity contribution in [2.45, 2.75) is 0 Å². The van der Waals surface area contributed by atoms with Crippen molar-refractivity contribution in [2.75, 3.05) is 6.54 Å². The third kappa shape index (κ3) is 2.57. The molecule has 0 bridgehead atoms. The SMILES string of the molecule is NC(=O)CNC(=O)c1cc2ccccc2c(Cl)n1. The van der Waals surface area contributed by atoms with Gasteiger partial charge in [0.25, 0.3) is 5.91 Å². The topological polar surface area (TPSA) is 85.1 Å². The van der Waals surface area contributed by atoms with Crippen LogP contribution in [-0.4, -0.2) is 23.3 Å². The van der Waals surface area contributed by atoms with Gasteiger partial charge in [0, 0.05) is 5.39 Å². The Labute approximate surface area is 108 Å². The van der Waals surface area contributed by atoms with E-state index >= 15 is 0 Å². The zero-order valence-electron chi connectivity index (χ0n) is 9.31. The Balaban J connectivity index is 2.34. The number of aromatic nitrogens is 1. The quantitative estimate of drug-likeness (QED) is 0.814. The van der Waals surface area contributed by atoms with Crippen LogP contribution in [0.2, 0.25) is 5.15 Å². The summed E-state index contributed by atoms with van der Waals surface area (Å²) in [5.74, 6) is -1.10. The summed E-state index contributed by atoms with van der Waals surface area (Å²) in [5, 5.41) is 4.18. The highest BCUT2D eigenvalue weighted by Crippen LogP contribution is 2.22. The van der Waals surface area contributed by atoms with Crippen LogP contribution < -0.4 is 11.1 Å². The number of nitrogens with two attached hydrogens (primary N) is 1. The lowest BCUT2D eigenvalue weighted by Gasteiger charge is -2.05. The van der Waals surface area contributed by atoms with Crippen LogP contribution in [0.15, 0.2) is 30.3 Å². The van der Waals surface area contributed by atoms with Gasteiger partial charge in [0.2, 0.25) is 5.91 Å². The standard InChI is InChI=1S/C12H10ClN3O2/c13-11-8-4-2-1-3-7(8)5-9(16-11)12(18)15-6-10(14)17/h1-5H,6H2,(H2,14,17)(H,15,18). The summed E-state index contributed by atoms with van der Waals surface area (Å²) in [7, 11) is 0. The number of nitrogens with zero attached hydrogens (tertiary/aromatic N) is 1. The molecule has 1 aromatic heterocycles. The van der Waals surface area contributed by atoms with Gasteiger partial charge in [-0.15, -0.1) is 0 Å². The summed E-state index contributed by atoms with van der Waals surface area (Å²) in [4.78, 5) is 26.3. The van der Waals surface area contributed by atoms with Gasteiger partial charge in [-0.1, -0.05) is 35.9 Å². The lowest BCUT2D eigenvalue weighted by atomic mass is 10.1. The number of pyridine rings is 1. The van der Waals surface area contributed by atoms with E-state index in [1.165, 1.54) is 0 Å². The third-order valence-corrected chi connectivity index (χ3v) is 2.64. The van der Waals surface area contributed by atoms with E-state index in [2.05, 4.69) is 10.3 Å². The van der Waals surface area contributed by atoms with Crippen LogP contribution in [0.25, 0.3) is 10.8 Å². The second-order valence-corrected chi connectivity index (χ2v) is 4.03. The van der Waals surface area contributed by atoms with Gasteiger partial charge >= 0.3 is 0 Å². The molecule has 0 aliphatic heterocycles. The Morgan fingerprint density at radius 3 is 2.78 bits per heavy atom. The molecule has 0 saturated heterocycles. The summed E-state index contributed by atoms with van der Waals surface area (Å²) in [6.07, 6.45) is 0. The number of hydrogen-bond donors (Lipinski definition) is 2. The van der Waals surface area contributed by atoms with Gasteiger partial charge in [-0.05, 0) is 11.5 Å². The van der Waals surface area contributed by atoms with E-state index in [1.54, 1.807) is 6.07 Å². The predicted molar refractivity (Wildman–Crippen MR) is 68.3 cm³/mol. The number of fused-ring (bicyclic) bond motifs is 1. The van der Waals surface area contributed by atoms with Crippen molar-refractivity contribution in [3.63, 3.8) is 0 Å². The first-order valence-corrected chi connectivity index (χ1v) is 5.57. The minimum Gasteiger partial charge on any atom is -0.368 e. The molecule has 3 N–H and O–H groups in total.